The van der Waals surface area contributed by atoms with Crippen LogP contribution in [0.3, 0.4) is 0 Å². The minimum absolute atomic E-state index is 0.0553. The summed E-state index contributed by atoms with van der Waals surface area (Å²) in [7, 11) is 0. The van der Waals surface area contributed by atoms with E-state index in [-0.39, 0.29) is 11.9 Å². The molecule has 2 fully saturated rings. The molecule has 1 aliphatic carbocycles. The molecule has 1 aliphatic heterocycles. The van der Waals surface area contributed by atoms with E-state index in [1.807, 2.05) is 6.92 Å². The second-order valence-corrected chi connectivity index (χ2v) is 4.11. The zero-order chi connectivity index (χ0) is 8.72. The molecule has 12 heavy (non-hydrogen) atoms. The van der Waals surface area contributed by atoms with Gasteiger partial charge in [-0.3, -0.25) is 9.69 Å². The highest BCUT2D eigenvalue weighted by Crippen LogP contribution is 2.38. The van der Waals surface area contributed by atoms with E-state index in [1.54, 1.807) is 0 Å². The van der Waals surface area contributed by atoms with Gasteiger partial charge < -0.3 is 5.73 Å². The molecule has 3 unspecified atom stereocenters. The Morgan fingerprint density at radius 2 is 2.33 bits per heavy atom. The molecule has 1 saturated heterocycles. The minimum atomic E-state index is -0.178. The monoisotopic (exact) mass is 168 g/mol. The van der Waals surface area contributed by atoms with E-state index in [2.05, 4.69) is 4.90 Å². The van der Waals surface area contributed by atoms with Gasteiger partial charge in [0.15, 0.2) is 0 Å². The molecule has 0 aromatic rings. The van der Waals surface area contributed by atoms with Crippen LogP contribution in [0.25, 0.3) is 0 Å². The van der Waals surface area contributed by atoms with Gasteiger partial charge in [0.2, 0.25) is 5.91 Å². The van der Waals surface area contributed by atoms with E-state index in [4.69, 9.17) is 5.73 Å². The molecule has 3 heteroatoms. The number of primary amides is 1. The first-order chi connectivity index (χ1) is 5.68. The van der Waals surface area contributed by atoms with E-state index in [0.29, 0.717) is 6.04 Å². The number of nitrogens with two attached hydrogens (primary N) is 1. The number of amides is 1. The molecule has 2 aliphatic rings. The number of nitrogens with zero attached hydrogens (tertiary/aromatic N) is 1. The van der Waals surface area contributed by atoms with Gasteiger partial charge in [-0.1, -0.05) is 0 Å². The maximum Gasteiger partial charge on any atom is 0.234 e. The van der Waals surface area contributed by atoms with Gasteiger partial charge in [-0.05, 0) is 32.1 Å². The summed E-state index contributed by atoms with van der Waals surface area (Å²) in [4.78, 5) is 13.2. The van der Waals surface area contributed by atoms with E-state index < -0.39 is 0 Å². The number of rotatable bonds is 2. The summed E-state index contributed by atoms with van der Waals surface area (Å²) in [6.07, 6.45) is 3.91. The molecule has 1 amide bonds. The summed E-state index contributed by atoms with van der Waals surface area (Å²) >= 11 is 0. The number of carbonyl (C=O) groups is 1. The van der Waals surface area contributed by atoms with E-state index in [0.717, 1.165) is 12.5 Å². The van der Waals surface area contributed by atoms with Crippen LogP contribution in [-0.2, 0) is 4.79 Å². The molecule has 0 aromatic heterocycles. The van der Waals surface area contributed by atoms with Crippen LogP contribution in [0.2, 0.25) is 0 Å². The second kappa shape index (κ2) is 2.73. The Morgan fingerprint density at radius 1 is 1.58 bits per heavy atom. The van der Waals surface area contributed by atoms with Gasteiger partial charge in [-0.25, -0.2) is 0 Å². The van der Waals surface area contributed by atoms with Crippen LogP contribution in [0, 0.1) is 5.92 Å². The third-order valence-electron chi connectivity index (χ3n) is 3.36. The molecular formula is C9H16N2O. The summed E-state index contributed by atoms with van der Waals surface area (Å²) in [5.41, 5.74) is 5.27. The first kappa shape index (κ1) is 8.05. The van der Waals surface area contributed by atoms with Crippen LogP contribution < -0.4 is 5.73 Å². The average molecular weight is 168 g/mol. The fourth-order valence-electron chi connectivity index (χ4n) is 2.60. The molecule has 68 valence electrons. The largest absolute Gasteiger partial charge is 0.368 e. The predicted octanol–water partition coefficient (Wildman–Crippen LogP) is 0.345. The number of piperidine rings is 1. The molecule has 2 bridgehead atoms. The zero-order valence-corrected chi connectivity index (χ0v) is 7.49. The smallest absolute Gasteiger partial charge is 0.234 e. The fraction of sp³-hybridized carbons (Fsp3) is 0.889. The van der Waals surface area contributed by atoms with Gasteiger partial charge in [0.1, 0.15) is 0 Å². The third kappa shape index (κ3) is 1.12. The highest BCUT2D eigenvalue weighted by molar-refractivity contribution is 5.79. The lowest BCUT2D eigenvalue weighted by Crippen LogP contribution is -2.46. The van der Waals surface area contributed by atoms with Crippen molar-refractivity contribution in [1.82, 2.24) is 4.90 Å². The van der Waals surface area contributed by atoms with Crippen LogP contribution in [0.4, 0.5) is 0 Å². The highest BCUT2D eigenvalue weighted by atomic mass is 16.1. The molecular weight excluding hydrogens is 152 g/mol. The summed E-state index contributed by atoms with van der Waals surface area (Å²) in [5, 5.41) is 0. The quantitative estimate of drug-likeness (QED) is 0.646. The van der Waals surface area contributed by atoms with Crippen molar-refractivity contribution in [1.29, 1.82) is 0 Å². The maximum atomic E-state index is 10.9. The summed E-state index contributed by atoms with van der Waals surface area (Å²) in [5.74, 6) is 0.666. The van der Waals surface area contributed by atoms with Crippen molar-refractivity contribution < 1.29 is 4.79 Å². The van der Waals surface area contributed by atoms with Crippen molar-refractivity contribution in [3.8, 4) is 0 Å². The standard InChI is InChI=1S/C9H16N2O/c1-6(9(10)12)11-5-7-2-3-8(11)4-7/h6-8H,2-5H2,1H3,(H2,10,12). The Hall–Kier alpha value is -0.570. The predicted molar refractivity (Wildman–Crippen MR) is 46.5 cm³/mol. The van der Waals surface area contributed by atoms with Crippen LogP contribution >= 0.6 is 0 Å². The fourth-order valence-corrected chi connectivity index (χ4v) is 2.60. The van der Waals surface area contributed by atoms with Crippen molar-refractivity contribution in [2.45, 2.75) is 38.3 Å². The molecule has 0 radical (unpaired) electrons. The molecule has 2 N–H and O–H groups in total. The Kier molecular flexibility index (Phi) is 1.83. The second-order valence-electron chi connectivity index (χ2n) is 4.11. The Balaban J connectivity index is 2.02. The number of fused-ring (bicyclic) bond motifs is 2. The van der Waals surface area contributed by atoms with Crippen LogP contribution in [0.1, 0.15) is 26.2 Å². The van der Waals surface area contributed by atoms with Crippen molar-refractivity contribution in [2.75, 3.05) is 6.54 Å². The zero-order valence-electron chi connectivity index (χ0n) is 7.49. The van der Waals surface area contributed by atoms with Gasteiger partial charge in [0.05, 0.1) is 6.04 Å². The average Bonchev–Trinajstić information content (AvgIpc) is 2.62. The van der Waals surface area contributed by atoms with Gasteiger partial charge in [0, 0.05) is 12.6 Å². The minimum Gasteiger partial charge on any atom is -0.368 e. The van der Waals surface area contributed by atoms with Gasteiger partial charge in [0.25, 0.3) is 0 Å². The Morgan fingerprint density at radius 3 is 2.75 bits per heavy atom. The normalized spacial score (nSPS) is 37.1. The van der Waals surface area contributed by atoms with E-state index in [9.17, 15) is 4.79 Å². The van der Waals surface area contributed by atoms with Gasteiger partial charge >= 0.3 is 0 Å². The van der Waals surface area contributed by atoms with Crippen molar-refractivity contribution in [2.24, 2.45) is 11.7 Å². The van der Waals surface area contributed by atoms with Gasteiger partial charge in [-0.15, -0.1) is 0 Å². The van der Waals surface area contributed by atoms with Crippen LogP contribution in [0.5, 0.6) is 0 Å². The molecule has 0 aromatic carbocycles. The van der Waals surface area contributed by atoms with Crippen LogP contribution in [-0.4, -0.2) is 29.4 Å². The van der Waals surface area contributed by atoms with Gasteiger partial charge in [-0.2, -0.15) is 0 Å². The molecule has 2 rings (SSSR count). The van der Waals surface area contributed by atoms with Crippen LogP contribution in [0.15, 0.2) is 0 Å². The lowest BCUT2D eigenvalue weighted by Gasteiger charge is -2.30. The number of hydrogen-bond acceptors (Lipinski definition) is 2. The first-order valence-electron chi connectivity index (χ1n) is 4.73. The Bertz CT molecular complexity index is 205. The Labute approximate surface area is 72.9 Å². The first-order valence-corrected chi connectivity index (χ1v) is 4.73. The van der Waals surface area contributed by atoms with E-state index >= 15 is 0 Å². The number of likely N-dealkylation sites (tertiary alicyclic amines) is 1. The topological polar surface area (TPSA) is 46.3 Å². The van der Waals surface area contributed by atoms with Crippen molar-refractivity contribution >= 4 is 5.91 Å². The van der Waals surface area contributed by atoms with Crippen molar-refractivity contribution in [3.63, 3.8) is 0 Å². The van der Waals surface area contributed by atoms with Crippen molar-refractivity contribution in [3.05, 3.63) is 0 Å². The molecule has 0 spiro atoms. The SMILES string of the molecule is CC(C(N)=O)N1CC2CCC1C2. The lowest BCUT2D eigenvalue weighted by molar-refractivity contribution is -0.123. The summed E-state index contributed by atoms with van der Waals surface area (Å²) in [6.45, 7) is 3.01. The summed E-state index contributed by atoms with van der Waals surface area (Å²) < 4.78 is 0. The summed E-state index contributed by atoms with van der Waals surface area (Å²) in [6, 6.07) is 0.595. The molecule has 3 nitrogen and oxygen atoms in total. The lowest BCUT2D eigenvalue weighted by atomic mass is 10.1. The highest BCUT2D eigenvalue weighted by Gasteiger charge is 2.40. The molecule has 3 atom stereocenters. The molecule has 1 heterocycles. The third-order valence-corrected chi connectivity index (χ3v) is 3.36. The van der Waals surface area contributed by atoms with E-state index in [1.165, 1.54) is 19.3 Å². The maximum absolute atomic E-state index is 10.9. The number of hydrogen-bond donors (Lipinski definition) is 1. The molecule has 1 saturated carbocycles. The number of carbonyl (C=O) groups excluding carboxylic acids is 1.